The molecule has 1 aromatic heterocycles. The summed E-state index contributed by atoms with van der Waals surface area (Å²) in [4.78, 5) is 34.9. The van der Waals surface area contributed by atoms with Gasteiger partial charge in [-0.15, -0.1) is 17.9 Å². The first kappa shape index (κ1) is 25.4. The van der Waals surface area contributed by atoms with Crippen molar-refractivity contribution in [2.75, 3.05) is 16.8 Å². The Kier molecular flexibility index (Phi) is 6.82. The number of amides is 2. The van der Waals surface area contributed by atoms with Crippen LogP contribution in [-0.2, 0) is 17.6 Å². The first-order valence-corrected chi connectivity index (χ1v) is 13.7. The number of fused-ring (bicyclic) bond motifs is 2. The van der Waals surface area contributed by atoms with Gasteiger partial charge in [-0.1, -0.05) is 56.6 Å². The predicted molar refractivity (Wildman–Crippen MR) is 154 cm³/mol. The molecule has 2 aliphatic rings. The maximum Gasteiger partial charge on any atom is 0.277 e. The van der Waals surface area contributed by atoms with Crippen LogP contribution in [0.2, 0.25) is 5.02 Å². The molecule has 0 unspecified atom stereocenters. The lowest BCUT2D eigenvalue weighted by Crippen LogP contribution is -2.30. The second kappa shape index (κ2) is 9.92. The Bertz CT molecular complexity index is 1420. The summed E-state index contributed by atoms with van der Waals surface area (Å²) in [5, 5.41) is 4.21. The van der Waals surface area contributed by atoms with Crippen molar-refractivity contribution in [1.82, 2.24) is 0 Å². The van der Waals surface area contributed by atoms with Crippen LogP contribution in [-0.4, -0.2) is 24.1 Å². The van der Waals surface area contributed by atoms with Gasteiger partial charge in [0.2, 0.25) is 0 Å². The second-order valence-corrected chi connectivity index (χ2v) is 12.2. The number of benzene rings is 2. The van der Waals surface area contributed by atoms with Crippen LogP contribution < -0.4 is 10.2 Å². The lowest BCUT2D eigenvalue weighted by atomic mass is 9.72. The van der Waals surface area contributed by atoms with Gasteiger partial charge in [-0.05, 0) is 66.5 Å². The summed E-state index contributed by atoms with van der Waals surface area (Å²) in [6.45, 7) is 11.0. The molecule has 7 heteroatoms. The monoisotopic (exact) mass is 531 g/mol. The average molecular weight is 532 g/mol. The van der Waals surface area contributed by atoms with E-state index in [4.69, 9.17) is 16.6 Å². The minimum Gasteiger partial charge on any atom is -0.322 e. The molecule has 5 nitrogen and oxygen atoms in total. The molecule has 0 saturated carbocycles. The fraction of sp³-hybridized carbons (Fsp3) is 0.300. The number of carbonyl (C=O) groups is 2. The van der Waals surface area contributed by atoms with Crippen molar-refractivity contribution in [3.63, 3.8) is 0 Å². The van der Waals surface area contributed by atoms with Crippen LogP contribution >= 0.6 is 22.9 Å². The summed E-state index contributed by atoms with van der Waals surface area (Å²) in [7, 11) is 0. The van der Waals surface area contributed by atoms with Crippen LogP contribution in [0.4, 0.5) is 16.4 Å². The van der Waals surface area contributed by atoms with E-state index in [0.717, 1.165) is 36.1 Å². The summed E-state index contributed by atoms with van der Waals surface area (Å²) in [6.07, 6.45) is 4.44. The molecule has 0 radical (unpaired) electrons. The summed E-state index contributed by atoms with van der Waals surface area (Å²) in [6, 6.07) is 14.7. The van der Waals surface area contributed by atoms with Gasteiger partial charge in [0.05, 0.1) is 11.3 Å². The number of para-hydroxylation sites is 1. The Labute approximate surface area is 226 Å². The molecule has 0 spiro atoms. The van der Waals surface area contributed by atoms with Crippen molar-refractivity contribution in [3.05, 3.63) is 87.8 Å². The molecule has 1 N–H and O–H groups in total. The van der Waals surface area contributed by atoms with Crippen molar-refractivity contribution >= 4 is 56.8 Å². The molecule has 2 aromatic carbocycles. The van der Waals surface area contributed by atoms with E-state index in [-0.39, 0.29) is 17.2 Å². The molecule has 2 heterocycles. The SMILES string of the molecule is C=CCN1C(=O)C(=Nc2sc3c(c2C(=O)Nc2ccc(Cl)cc2)CC[C@H](C(C)(C)C)C3)c2ccccc21. The normalized spacial score (nSPS) is 18.1. The minimum absolute atomic E-state index is 0.172. The van der Waals surface area contributed by atoms with E-state index < -0.39 is 0 Å². The van der Waals surface area contributed by atoms with Crippen molar-refractivity contribution in [2.45, 2.75) is 40.0 Å². The zero-order chi connectivity index (χ0) is 26.3. The standard InChI is InChI=1S/C30H30ClN3O2S/c1-5-16-34-23-9-7-6-8-21(23)26(29(34)36)33-28-25(27(35)32-20-13-11-19(31)12-14-20)22-15-10-18(30(2,3)4)17-24(22)37-28/h5-9,11-14,18H,1,10,15-17H2,2-4H3,(H,32,35)/t18-/m0/s1. The lowest BCUT2D eigenvalue weighted by Gasteiger charge is -2.33. The van der Waals surface area contributed by atoms with E-state index in [1.54, 1.807) is 46.6 Å². The summed E-state index contributed by atoms with van der Waals surface area (Å²) in [5.41, 5.74) is 4.41. The Morgan fingerprint density at radius 2 is 1.95 bits per heavy atom. The van der Waals surface area contributed by atoms with Crippen LogP contribution in [0.1, 0.15) is 53.6 Å². The Morgan fingerprint density at radius 3 is 2.65 bits per heavy atom. The molecule has 0 fully saturated rings. The topological polar surface area (TPSA) is 61.8 Å². The highest BCUT2D eigenvalue weighted by atomic mass is 35.5. The molecule has 0 saturated heterocycles. The van der Waals surface area contributed by atoms with Crippen LogP contribution in [0.5, 0.6) is 0 Å². The van der Waals surface area contributed by atoms with Gasteiger partial charge in [-0.2, -0.15) is 0 Å². The lowest BCUT2D eigenvalue weighted by molar-refractivity contribution is -0.112. The Hall–Kier alpha value is -3.22. The highest BCUT2D eigenvalue weighted by Gasteiger charge is 2.36. The van der Waals surface area contributed by atoms with E-state index in [1.165, 1.54) is 4.88 Å². The highest BCUT2D eigenvalue weighted by Crippen LogP contribution is 2.46. The van der Waals surface area contributed by atoms with Crippen molar-refractivity contribution in [2.24, 2.45) is 16.3 Å². The van der Waals surface area contributed by atoms with Gasteiger partial charge in [-0.3, -0.25) is 9.59 Å². The molecule has 37 heavy (non-hydrogen) atoms. The number of rotatable bonds is 5. The zero-order valence-electron chi connectivity index (χ0n) is 21.3. The van der Waals surface area contributed by atoms with Crippen molar-refractivity contribution < 1.29 is 9.59 Å². The molecule has 1 atom stereocenters. The highest BCUT2D eigenvalue weighted by molar-refractivity contribution is 7.16. The summed E-state index contributed by atoms with van der Waals surface area (Å²) < 4.78 is 0. The maximum atomic E-state index is 13.7. The van der Waals surface area contributed by atoms with Crippen LogP contribution in [0.3, 0.4) is 0 Å². The molecule has 3 aromatic rings. The quantitative estimate of drug-likeness (QED) is 0.347. The third kappa shape index (κ3) is 4.88. The minimum atomic E-state index is -0.213. The number of hydrogen-bond acceptors (Lipinski definition) is 4. The third-order valence-corrected chi connectivity index (χ3v) is 8.62. The number of nitrogens with zero attached hydrogens (tertiary/aromatic N) is 2. The number of nitrogens with one attached hydrogen (secondary N) is 1. The predicted octanol–water partition coefficient (Wildman–Crippen LogP) is 7.46. The van der Waals surface area contributed by atoms with E-state index in [9.17, 15) is 9.59 Å². The van der Waals surface area contributed by atoms with Crippen LogP contribution in [0.25, 0.3) is 0 Å². The molecule has 5 rings (SSSR count). The number of anilines is 2. The second-order valence-electron chi connectivity index (χ2n) is 10.6. The smallest absolute Gasteiger partial charge is 0.277 e. The molecule has 1 aliphatic heterocycles. The van der Waals surface area contributed by atoms with Crippen LogP contribution in [0, 0.1) is 11.3 Å². The maximum absolute atomic E-state index is 13.7. The third-order valence-electron chi connectivity index (χ3n) is 7.22. The van der Waals surface area contributed by atoms with Gasteiger partial charge in [0.25, 0.3) is 11.8 Å². The number of aliphatic imine (C=N–C) groups is 1. The zero-order valence-corrected chi connectivity index (χ0v) is 22.9. The van der Waals surface area contributed by atoms with E-state index >= 15 is 0 Å². The Balaban J connectivity index is 1.60. The van der Waals surface area contributed by atoms with E-state index in [1.807, 2.05) is 24.3 Å². The summed E-state index contributed by atoms with van der Waals surface area (Å²) >= 11 is 7.57. The number of halogens is 1. The number of carbonyl (C=O) groups excluding carboxylic acids is 2. The van der Waals surface area contributed by atoms with Crippen LogP contribution in [0.15, 0.2) is 66.2 Å². The molecule has 0 bridgehead atoms. The van der Waals surface area contributed by atoms with Gasteiger partial charge in [-0.25, -0.2) is 4.99 Å². The molecular weight excluding hydrogens is 502 g/mol. The first-order valence-electron chi connectivity index (χ1n) is 12.5. The molecule has 2 amide bonds. The van der Waals surface area contributed by atoms with E-state index in [2.05, 4.69) is 32.7 Å². The first-order chi connectivity index (χ1) is 17.7. The van der Waals surface area contributed by atoms with E-state index in [0.29, 0.717) is 39.4 Å². The van der Waals surface area contributed by atoms with Gasteiger partial charge in [0, 0.05) is 27.7 Å². The van der Waals surface area contributed by atoms with Gasteiger partial charge >= 0.3 is 0 Å². The number of hydrogen-bond donors (Lipinski definition) is 1. The molecular formula is C30H30ClN3O2S. The summed E-state index contributed by atoms with van der Waals surface area (Å²) in [5.74, 6) is 0.127. The number of thiophene rings is 1. The largest absolute Gasteiger partial charge is 0.322 e. The van der Waals surface area contributed by atoms with Crippen molar-refractivity contribution in [1.29, 1.82) is 0 Å². The fourth-order valence-electron chi connectivity index (χ4n) is 5.13. The van der Waals surface area contributed by atoms with Gasteiger partial charge < -0.3 is 10.2 Å². The van der Waals surface area contributed by atoms with Crippen molar-refractivity contribution in [3.8, 4) is 0 Å². The fourth-order valence-corrected chi connectivity index (χ4v) is 6.56. The van der Waals surface area contributed by atoms with Gasteiger partial charge in [0.1, 0.15) is 10.7 Å². The average Bonchev–Trinajstić information content (AvgIpc) is 3.35. The molecule has 1 aliphatic carbocycles. The van der Waals surface area contributed by atoms with Gasteiger partial charge in [0.15, 0.2) is 0 Å². The Morgan fingerprint density at radius 1 is 1.22 bits per heavy atom. The molecule has 190 valence electrons.